The van der Waals surface area contributed by atoms with Gasteiger partial charge < -0.3 is 0 Å². The van der Waals surface area contributed by atoms with Crippen molar-refractivity contribution in [2.75, 3.05) is 0 Å². The molecule has 0 aliphatic heterocycles. The molecular weight excluding hydrogens is 148 g/mol. The normalized spacial score (nSPS) is 10.8. The van der Waals surface area contributed by atoms with Crippen LogP contribution in [0.1, 0.15) is 6.92 Å². The minimum atomic E-state index is 1.02. The van der Waals surface area contributed by atoms with Gasteiger partial charge in [-0.25, -0.2) is 0 Å². The fourth-order valence-electron chi connectivity index (χ4n) is 1.58. The van der Waals surface area contributed by atoms with Crippen LogP contribution in [0.5, 0.6) is 0 Å². The van der Waals surface area contributed by atoms with Crippen molar-refractivity contribution >= 4 is 10.9 Å². The molecule has 0 spiro atoms. The van der Waals surface area contributed by atoms with Gasteiger partial charge in [0.25, 0.3) is 0 Å². The van der Waals surface area contributed by atoms with Crippen molar-refractivity contribution < 1.29 is 4.68 Å². The molecule has 0 aliphatic carbocycles. The maximum atomic E-state index is 2.20. The minimum Gasteiger partial charge on any atom is -0.156 e. The average Bonchev–Trinajstić information content (AvgIpc) is 2.44. The van der Waals surface area contributed by atoms with Gasteiger partial charge in [0.15, 0.2) is 6.54 Å². The summed E-state index contributed by atoms with van der Waals surface area (Å²) in [6, 6.07) is 8.42. The van der Waals surface area contributed by atoms with Gasteiger partial charge in [-0.15, -0.1) is 4.68 Å². The molecule has 1 heterocycles. The zero-order valence-corrected chi connectivity index (χ0v) is 7.49. The Morgan fingerprint density at radius 2 is 2.08 bits per heavy atom. The molecule has 62 valence electrons. The molecule has 0 aliphatic rings. The SMILES string of the molecule is CC[n+]1cc2ccccc2n1C. The molecule has 2 nitrogen and oxygen atoms in total. The Balaban J connectivity index is 2.78. The van der Waals surface area contributed by atoms with Crippen LogP contribution in [0.25, 0.3) is 10.9 Å². The van der Waals surface area contributed by atoms with Gasteiger partial charge in [-0.1, -0.05) is 12.1 Å². The van der Waals surface area contributed by atoms with E-state index < -0.39 is 0 Å². The molecule has 1 aromatic carbocycles. The Kier molecular flexibility index (Phi) is 1.61. The molecule has 0 saturated heterocycles. The van der Waals surface area contributed by atoms with Crippen LogP contribution in [0.3, 0.4) is 0 Å². The number of para-hydroxylation sites is 1. The van der Waals surface area contributed by atoms with E-state index in [0.29, 0.717) is 0 Å². The Hall–Kier alpha value is -1.31. The summed E-state index contributed by atoms with van der Waals surface area (Å²) in [4.78, 5) is 0. The third-order valence-corrected chi connectivity index (χ3v) is 2.28. The average molecular weight is 161 g/mol. The third kappa shape index (κ3) is 0.916. The zero-order valence-electron chi connectivity index (χ0n) is 7.49. The fraction of sp³-hybridized carbons (Fsp3) is 0.300. The smallest absolute Gasteiger partial charge is 0.156 e. The molecular formula is C10H13N2+. The maximum absolute atomic E-state index is 2.20. The number of hydrogen-bond donors (Lipinski definition) is 0. The number of nitrogens with zero attached hydrogens (tertiary/aromatic N) is 2. The van der Waals surface area contributed by atoms with Crippen molar-refractivity contribution in [3.05, 3.63) is 30.5 Å². The summed E-state index contributed by atoms with van der Waals surface area (Å²) < 4.78 is 4.38. The van der Waals surface area contributed by atoms with Crippen LogP contribution in [0, 0.1) is 0 Å². The predicted molar refractivity (Wildman–Crippen MR) is 48.8 cm³/mol. The number of aromatic nitrogens is 2. The minimum absolute atomic E-state index is 1.02. The second kappa shape index (κ2) is 2.63. The van der Waals surface area contributed by atoms with Gasteiger partial charge in [0, 0.05) is 0 Å². The van der Waals surface area contributed by atoms with Gasteiger partial charge in [0.2, 0.25) is 6.20 Å². The van der Waals surface area contributed by atoms with Crippen molar-refractivity contribution in [2.45, 2.75) is 13.5 Å². The van der Waals surface area contributed by atoms with Gasteiger partial charge in [-0.05, 0) is 19.1 Å². The van der Waals surface area contributed by atoms with E-state index in [1.54, 1.807) is 0 Å². The van der Waals surface area contributed by atoms with Gasteiger partial charge in [0.05, 0.1) is 12.4 Å². The first-order valence-electron chi connectivity index (χ1n) is 4.27. The van der Waals surface area contributed by atoms with Crippen molar-refractivity contribution in [1.29, 1.82) is 0 Å². The van der Waals surface area contributed by atoms with E-state index in [4.69, 9.17) is 0 Å². The molecule has 0 saturated carbocycles. The van der Waals surface area contributed by atoms with E-state index in [2.05, 4.69) is 53.8 Å². The lowest BCUT2D eigenvalue weighted by molar-refractivity contribution is -0.768. The van der Waals surface area contributed by atoms with Crippen molar-refractivity contribution in [1.82, 2.24) is 4.68 Å². The van der Waals surface area contributed by atoms with Gasteiger partial charge >= 0.3 is 0 Å². The molecule has 2 aromatic rings. The first kappa shape index (κ1) is 7.35. The predicted octanol–water partition coefficient (Wildman–Crippen LogP) is 1.49. The molecule has 2 rings (SSSR count). The number of hydrogen-bond acceptors (Lipinski definition) is 0. The molecule has 0 N–H and O–H groups in total. The highest BCUT2D eigenvalue weighted by Crippen LogP contribution is 2.09. The highest BCUT2D eigenvalue weighted by molar-refractivity contribution is 5.76. The summed E-state index contributed by atoms with van der Waals surface area (Å²) in [5.41, 5.74) is 1.29. The highest BCUT2D eigenvalue weighted by Gasteiger charge is 2.08. The summed E-state index contributed by atoms with van der Waals surface area (Å²) in [5.74, 6) is 0. The highest BCUT2D eigenvalue weighted by atomic mass is 15.4. The van der Waals surface area contributed by atoms with Gasteiger partial charge in [-0.2, -0.15) is 4.68 Å². The Labute approximate surface area is 72.0 Å². The first-order chi connectivity index (χ1) is 5.83. The molecule has 2 heteroatoms. The zero-order chi connectivity index (χ0) is 8.55. The van der Waals surface area contributed by atoms with E-state index in [1.807, 2.05) is 0 Å². The van der Waals surface area contributed by atoms with Crippen LogP contribution in [-0.4, -0.2) is 4.68 Å². The van der Waals surface area contributed by atoms with Crippen molar-refractivity contribution in [3.8, 4) is 0 Å². The van der Waals surface area contributed by atoms with E-state index in [9.17, 15) is 0 Å². The Morgan fingerprint density at radius 3 is 2.75 bits per heavy atom. The lowest BCUT2D eigenvalue weighted by Crippen LogP contribution is -2.39. The maximum Gasteiger partial charge on any atom is 0.203 e. The fourth-order valence-corrected chi connectivity index (χ4v) is 1.58. The first-order valence-corrected chi connectivity index (χ1v) is 4.27. The van der Waals surface area contributed by atoms with E-state index in [0.717, 1.165) is 6.54 Å². The van der Waals surface area contributed by atoms with Crippen LogP contribution in [0.4, 0.5) is 0 Å². The third-order valence-electron chi connectivity index (χ3n) is 2.28. The lowest BCUT2D eigenvalue weighted by Gasteiger charge is -1.92. The second-order valence-electron chi connectivity index (χ2n) is 2.97. The van der Waals surface area contributed by atoms with Crippen LogP contribution in [0.15, 0.2) is 30.5 Å². The largest absolute Gasteiger partial charge is 0.203 e. The molecule has 1 aromatic heterocycles. The standard InChI is InChI=1S/C10H13N2/c1-3-12-8-9-6-4-5-7-10(9)11(12)2/h4-8H,3H2,1-2H3/q+1. The summed E-state index contributed by atoms with van der Waals surface area (Å²) in [6.45, 7) is 3.17. The summed E-state index contributed by atoms with van der Waals surface area (Å²) in [7, 11) is 2.09. The molecule has 0 radical (unpaired) electrons. The lowest BCUT2D eigenvalue weighted by atomic mass is 10.3. The Bertz CT molecular complexity index is 401. The monoisotopic (exact) mass is 161 g/mol. The second-order valence-corrected chi connectivity index (χ2v) is 2.97. The molecule has 12 heavy (non-hydrogen) atoms. The number of aryl methyl sites for hydroxylation is 2. The Morgan fingerprint density at radius 1 is 1.33 bits per heavy atom. The molecule has 0 bridgehead atoms. The van der Waals surface area contributed by atoms with Crippen LogP contribution in [-0.2, 0) is 13.6 Å². The van der Waals surface area contributed by atoms with Crippen molar-refractivity contribution in [2.24, 2.45) is 7.05 Å². The number of benzene rings is 1. The van der Waals surface area contributed by atoms with Crippen molar-refractivity contribution in [3.63, 3.8) is 0 Å². The van der Waals surface area contributed by atoms with Gasteiger partial charge in [-0.3, -0.25) is 0 Å². The van der Waals surface area contributed by atoms with E-state index in [-0.39, 0.29) is 0 Å². The molecule has 0 fully saturated rings. The molecule has 0 unspecified atom stereocenters. The summed E-state index contributed by atoms with van der Waals surface area (Å²) >= 11 is 0. The molecule has 0 amide bonds. The van der Waals surface area contributed by atoms with E-state index in [1.165, 1.54) is 10.9 Å². The quantitative estimate of drug-likeness (QED) is 0.560. The van der Waals surface area contributed by atoms with E-state index >= 15 is 0 Å². The van der Waals surface area contributed by atoms with Crippen LogP contribution >= 0.6 is 0 Å². The van der Waals surface area contributed by atoms with Crippen LogP contribution in [0.2, 0.25) is 0 Å². The van der Waals surface area contributed by atoms with Gasteiger partial charge in [0.1, 0.15) is 5.52 Å². The molecule has 0 atom stereocenters. The number of fused-ring (bicyclic) bond motifs is 1. The summed E-state index contributed by atoms with van der Waals surface area (Å²) in [6.07, 6.45) is 2.18. The topological polar surface area (TPSA) is 8.81 Å². The number of rotatable bonds is 1. The summed E-state index contributed by atoms with van der Waals surface area (Å²) in [5, 5.41) is 1.31. The van der Waals surface area contributed by atoms with Crippen LogP contribution < -0.4 is 4.68 Å².